The lowest BCUT2D eigenvalue weighted by molar-refractivity contribution is -0.126. The summed E-state index contributed by atoms with van der Waals surface area (Å²) in [5.41, 5.74) is 6.20. The highest BCUT2D eigenvalue weighted by Crippen LogP contribution is 2.25. The number of halogens is 1. The number of carbonyl (C=O) groups excluding carboxylic acids is 2. The maximum absolute atomic E-state index is 13.2. The number of hydrogen-bond acceptors (Lipinski definition) is 4. The molecular formula is C14H20FN3O3. The van der Waals surface area contributed by atoms with Crippen molar-refractivity contribution < 1.29 is 18.7 Å². The SMILES string of the molecule is CCNC(=O)NC(=O)C(C)Oc1ccc(F)cc1[C@H](C)N. The lowest BCUT2D eigenvalue weighted by Gasteiger charge is -2.18. The van der Waals surface area contributed by atoms with Crippen molar-refractivity contribution in [2.75, 3.05) is 6.54 Å². The number of hydrogen-bond donors (Lipinski definition) is 3. The Morgan fingerprint density at radius 3 is 2.62 bits per heavy atom. The van der Waals surface area contributed by atoms with Gasteiger partial charge in [-0.15, -0.1) is 0 Å². The summed E-state index contributed by atoms with van der Waals surface area (Å²) in [6, 6.07) is 2.84. The van der Waals surface area contributed by atoms with Gasteiger partial charge in [0.15, 0.2) is 6.10 Å². The molecule has 7 heteroatoms. The third-order valence-electron chi connectivity index (χ3n) is 2.71. The van der Waals surface area contributed by atoms with Crippen molar-refractivity contribution >= 4 is 11.9 Å². The molecule has 0 saturated heterocycles. The summed E-state index contributed by atoms with van der Waals surface area (Å²) in [6.45, 7) is 5.31. The topological polar surface area (TPSA) is 93.5 Å². The van der Waals surface area contributed by atoms with E-state index in [4.69, 9.17) is 10.5 Å². The van der Waals surface area contributed by atoms with Crippen molar-refractivity contribution in [3.05, 3.63) is 29.6 Å². The number of nitrogens with one attached hydrogen (secondary N) is 2. The average molecular weight is 297 g/mol. The van der Waals surface area contributed by atoms with Gasteiger partial charge in [-0.05, 0) is 39.0 Å². The Morgan fingerprint density at radius 1 is 1.38 bits per heavy atom. The van der Waals surface area contributed by atoms with Gasteiger partial charge in [-0.3, -0.25) is 10.1 Å². The zero-order chi connectivity index (χ0) is 16.0. The van der Waals surface area contributed by atoms with Gasteiger partial charge in [-0.1, -0.05) is 0 Å². The van der Waals surface area contributed by atoms with Gasteiger partial charge in [-0.2, -0.15) is 0 Å². The van der Waals surface area contributed by atoms with Gasteiger partial charge in [0.05, 0.1) is 0 Å². The minimum Gasteiger partial charge on any atom is -0.481 e. The fourth-order valence-corrected chi connectivity index (χ4v) is 1.64. The molecule has 1 aromatic carbocycles. The molecule has 0 spiro atoms. The molecule has 21 heavy (non-hydrogen) atoms. The van der Waals surface area contributed by atoms with Gasteiger partial charge >= 0.3 is 6.03 Å². The molecule has 0 radical (unpaired) electrons. The Kier molecular flexibility index (Phi) is 6.10. The van der Waals surface area contributed by atoms with Crippen LogP contribution in [-0.4, -0.2) is 24.6 Å². The van der Waals surface area contributed by atoms with Crippen molar-refractivity contribution in [3.63, 3.8) is 0 Å². The van der Waals surface area contributed by atoms with E-state index in [1.54, 1.807) is 13.8 Å². The van der Waals surface area contributed by atoms with Crippen molar-refractivity contribution in [1.29, 1.82) is 0 Å². The maximum atomic E-state index is 13.2. The monoisotopic (exact) mass is 297 g/mol. The molecule has 0 fully saturated rings. The fourth-order valence-electron chi connectivity index (χ4n) is 1.64. The highest BCUT2D eigenvalue weighted by Gasteiger charge is 2.19. The van der Waals surface area contributed by atoms with Crippen molar-refractivity contribution in [2.45, 2.75) is 32.9 Å². The summed E-state index contributed by atoms with van der Waals surface area (Å²) in [5.74, 6) is -0.722. The van der Waals surface area contributed by atoms with E-state index in [1.165, 1.54) is 25.1 Å². The Balaban J connectivity index is 2.76. The maximum Gasteiger partial charge on any atom is 0.321 e. The largest absolute Gasteiger partial charge is 0.481 e. The van der Waals surface area contributed by atoms with Crippen LogP contribution in [0, 0.1) is 5.82 Å². The van der Waals surface area contributed by atoms with E-state index in [1.807, 2.05) is 0 Å². The van der Waals surface area contributed by atoms with Gasteiger partial charge in [0.2, 0.25) is 0 Å². The standard InChI is InChI=1S/C14H20FN3O3/c1-4-17-14(20)18-13(19)9(3)21-12-6-5-10(15)7-11(12)8(2)16/h5-9H,4,16H2,1-3H3,(H2,17,18,19,20)/t8-,9?/m0/s1. The molecule has 0 aromatic heterocycles. The Labute approximate surface area is 122 Å². The zero-order valence-electron chi connectivity index (χ0n) is 12.3. The number of imide groups is 1. The number of ether oxygens (including phenoxy) is 1. The normalized spacial score (nSPS) is 13.2. The predicted octanol–water partition coefficient (Wildman–Crippen LogP) is 1.46. The minimum absolute atomic E-state index is 0.310. The second kappa shape index (κ2) is 7.58. The minimum atomic E-state index is -0.921. The molecule has 0 bridgehead atoms. The first kappa shape index (κ1) is 16.9. The van der Waals surface area contributed by atoms with Crippen LogP contribution in [0.2, 0.25) is 0 Å². The van der Waals surface area contributed by atoms with E-state index < -0.39 is 29.9 Å². The van der Waals surface area contributed by atoms with Crippen LogP contribution in [0.15, 0.2) is 18.2 Å². The first-order chi connectivity index (χ1) is 9.85. The molecule has 1 rings (SSSR count). The van der Waals surface area contributed by atoms with Crippen LogP contribution in [0.1, 0.15) is 32.4 Å². The third-order valence-corrected chi connectivity index (χ3v) is 2.71. The molecule has 1 aromatic rings. The Bertz CT molecular complexity index is 520. The van der Waals surface area contributed by atoms with Crippen molar-refractivity contribution in [1.82, 2.24) is 10.6 Å². The molecule has 3 amide bonds. The molecule has 116 valence electrons. The Morgan fingerprint density at radius 2 is 2.05 bits per heavy atom. The predicted molar refractivity (Wildman–Crippen MR) is 76.3 cm³/mol. The molecule has 0 saturated carbocycles. The molecule has 4 N–H and O–H groups in total. The summed E-state index contributed by atoms with van der Waals surface area (Å²) in [4.78, 5) is 23.0. The summed E-state index contributed by atoms with van der Waals surface area (Å²) in [7, 11) is 0. The van der Waals surface area contributed by atoms with Crippen LogP contribution in [0.25, 0.3) is 0 Å². The summed E-state index contributed by atoms with van der Waals surface area (Å²) in [5, 5.41) is 4.58. The summed E-state index contributed by atoms with van der Waals surface area (Å²) < 4.78 is 18.7. The van der Waals surface area contributed by atoms with E-state index in [0.717, 1.165) is 0 Å². The Hall–Kier alpha value is -2.15. The van der Waals surface area contributed by atoms with Crippen molar-refractivity contribution in [2.24, 2.45) is 5.73 Å². The molecular weight excluding hydrogens is 277 g/mol. The average Bonchev–Trinajstić information content (AvgIpc) is 2.40. The van der Waals surface area contributed by atoms with Crippen LogP contribution in [0.3, 0.4) is 0 Å². The molecule has 0 aliphatic rings. The van der Waals surface area contributed by atoms with Crippen LogP contribution in [-0.2, 0) is 4.79 Å². The van der Waals surface area contributed by atoms with Crippen molar-refractivity contribution in [3.8, 4) is 5.75 Å². The highest BCUT2D eigenvalue weighted by molar-refractivity contribution is 5.96. The van der Waals surface area contributed by atoms with Gasteiger partial charge < -0.3 is 15.8 Å². The van der Waals surface area contributed by atoms with E-state index in [-0.39, 0.29) is 0 Å². The van der Waals surface area contributed by atoms with E-state index in [0.29, 0.717) is 17.9 Å². The zero-order valence-corrected chi connectivity index (χ0v) is 12.3. The van der Waals surface area contributed by atoms with Gasteiger partial charge in [0, 0.05) is 18.2 Å². The third kappa shape index (κ3) is 5.03. The molecule has 0 aliphatic carbocycles. The number of rotatable bonds is 5. The molecule has 0 heterocycles. The number of nitrogens with two attached hydrogens (primary N) is 1. The molecule has 0 aliphatic heterocycles. The molecule has 1 unspecified atom stereocenters. The lowest BCUT2D eigenvalue weighted by Crippen LogP contribution is -2.45. The van der Waals surface area contributed by atoms with Crippen LogP contribution >= 0.6 is 0 Å². The number of carbonyl (C=O) groups is 2. The van der Waals surface area contributed by atoms with Crippen LogP contribution in [0.4, 0.5) is 9.18 Å². The number of benzene rings is 1. The first-order valence-electron chi connectivity index (χ1n) is 6.65. The summed E-state index contributed by atoms with van der Waals surface area (Å²) in [6.07, 6.45) is -0.921. The second-order valence-corrected chi connectivity index (χ2v) is 4.58. The molecule has 6 nitrogen and oxygen atoms in total. The van der Waals surface area contributed by atoms with Gasteiger partial charge in [-0.25, -0.2) is 9.18 Å². The van der Waals surface area contributed by atoms with E-state index >= 15 is 0 Å². The summed E-state index contributed by atoms with van der Waals surface area (Å²) >= 11 is 0. The van der Waals surface area contributed by atoms with Gasteiger partial charge in [0.25, 0.3) is 5.91 Å². The van der Waals surface area contributed by atoms with Crippen LogP contribution < -0.4 is 21.1 Å². The van der Waals surface area contributed by atoms with E-state index in [2.05, 4.69) is 10.6 Å². The number of urea groups is 1. The fraction of sp³-hybridized carbons (Fsp3) is 0.429. The first-order valence-corrected chi connectivity index (χ1v) is 6.65. The quantitative estimate of drug-likeness (QED) is 0.767. The highest BCUT2D eigenvalue weighted by atomic mass is 19.1. The number of amides is 3. The van der Waals surface area contributed by atoms with Crippen LogP contribution in [0.5, 0.6) is 5.75 Å². The lowest BCUT2D eigenvalue weighted by atomic mass is 10.1. The van der Waals surface area contributed by atoms with E-state index in [9.17, 15) is 14.0 Å². The second-order valence-electron chi connectivity index (χ2n) is 4.58. The smallest absolute Gasteiger partial charge is 0.321 e. The van der Waals surface area contributed by atoms with Gasteiger partial charge in [0.1, 0.15) is 11.6 Å². The molecule has 2 atom stereocenters.